The summed E-state index contributed by atoms with van der Waals surface area (Å²) in [5.74, 6) is 1.43. The second-order valence-electron chi connectivity index (χ2n) is 5.82. The number of hydrogen-bond donors (Lipinski definition) is 1. The van der Waals surface area contributed by atoms with Gasteiger partial charge in [0.15, 0.2) is 0 Å². The minimum absolute atomic E-state index is 0.312. The fourth-order valence-corrected chi connectivity index (χ4v) is 2.72. The van der Waals surface area contributed by atoms with Gasteiger partial charge in [-0.1, -0.05) is 17.3 Å². The van der Waals surface area contributed by atoms with Gasteiger partial charge in [0.05, 0.1) is 17.7 Å². The second kappa shape index (κ2) is 7.35. The molecule has 0 spiro atoms. The molecule has 1 amide bonds. The number of hydrogen-bond acceptors (Lipinski definition) is 6. The van der Waals surface area contributed by atoms with Crippen LogP contribution in [-0.4, -0.2) is 27.6 Å². The minimum Gasteiger partial charge on any atom is -0.493 e. The van der Waals surface area contributed by atoms with Gasteiger partial charge >= 0.3 is 0 Å². The molecule has 2 heterocycles. The van der Waals surface area contributed by atoms with Crippen molar-refractivity contribution in [3.63, 3.8) is 0 Å². The van der Waals surface area contributed by atoms with Crippen LogP contribution in [0, 0.1) is 20.8 Å². The van der Waals surface area contributed by atoms with Crippen LogP contribution in [-0.2, 0) is 0 Å². The molecule has 0 aliphatic carbocycles. The van der Waals surface area contributed by atoms with Gasteiger partial charge in [-0.25, -0.2) is 4.98 Å². The number of carbonyl (C=O) groups excluding carboxylic acids is 1. The molecule has 0 saturated heterocycles. The van der Waals surface area contributed by atoms with Crippen molar-refractivity contribution < 1.29 is 14.1 Å². The van der Waals surface area contributed by atoms with Crippen molar-refractivity contribution in [2.24, 2.45) is 0 Å². The predicted molar refractivity (Wildman–Crippen MR) is 97.3 cm³/mol. The van der Waals surface area contributed by atoms with Crippen molar-refractivity contribution in [2.75, 3.05) is 11.9 Å². The van der Waals surface area contributed by atoms with Crippen LogP contribution in [0.1, 0.15) is 34.4 Å². The number of benzene rings is 1. The molecule has 0 aliphatic rings. The van der Waals surface area contributed by atoms with E-state index in [1.807, 2.05) is 32.9 Å². The van der Waals surface area contributed by atoms with Crippen molar-refractivity contribution in [2.45, 2.75) is 27.7 Å². The number of para-hydroxylation sites is 1. The van der Waals surface area contributed by atoms with Crippen LogP contribution in [0.5, 0.6) is 5.75 Å². The largest absolute Gasteiger partial charge is 0.493 e. The van der Waals surface area contributed by atoms with E-state index in [4.69, 9.17) is 9.26 Å². The Morgan fingerprint density at radius 3 is 2.65 bits per heavy atom. The highest BCUT2D eigenvalue weighted by Crippen LogP contribution is 2.29. The monoisotopic (exact) mass is 352 g/mol. The molecule has 26 heavy (non-hydrogen) atoms. The summed E-state index contributed by atoms with van der Waals surface area (Å²) in [7, 11) is 0. The first-order valence-corrected chi connectivity index (χ1v) is 8.31. The molecule has 0 radical (unpaired) electrons. The molecular weight excluding hydrogens is 332 g/mol. The number of rotatable bonds is 5. The highest BCUT2D eigenvalue weighted by molar-refractivity contribution is 6.07. The van der Waals surface area contributed by atoms with Gasteiger partial charge in [0, 0.05) is 12.6 Å². The van der Waals surface area contributed by atoms with E-state index >= 15 is 0 Å². The van der Waals surface area contributed by atoms with E-state index in [0.29, 0.717) is 41.0 Å². The molecule has 0 fully saturated rings. The lowest BCUT2D eigenvalue weighted by molar-refractivity contribution is 0.102. The molecule has 1 N–H and O–H groups in total. The van der Waals surface area contributed by atoms with Crippen LogP contribution < -0.4 is 10.1 Å². The Bertz CT molecular complexity index is 950. The maximum Gasteiger partial charge on any atom is 0.260 e. The topological polar surface area (TPSA) is 90.1 Å². The Labute approximate surface area is 151 Å². The number of ether oxygens (including phenoxy) is 1. The summed E-state index contributed by atoms with van der Waals surface area (Å²) in [6.07, 6.45) is 0. The number of nitrogens with zero attached hydrogens (tertiary/aromatic N) is 3. The summed E-state index contributed by atoms with van der Waals surface area (Å²) in [6.45, 7) is 7.84. The van der Waals surface area contributed by atoms with Crippen LogP contribution in [0.4, 0.5) is 5.82 Å². The van der Waals surface area contributed by atoms with Crippen molar-refractivity contribution in [3.05, 3.63) is 53.0 Å². The standard InChI is InChI=1S/C19H20N4O3/c1-5-25-15-9-7-6-8-14(15)19(24)22-17-16(11(2)10-12(3)20-17)18-21-13(4)26-23-18/h6-10H,5H2,1-4H3,(H,20,22,24). The van der Waals surface area contributed by atoms with Crippen LogP contribution >= 0.6 is 0 Å². The molecule has 0 bridgehead atoms. The lowest BCUT2D eigenvalue weighted by Gasteiger charge is -2.13. The number of aryl methyl sites for hydroxylation is 3. The molecule has 7 nitrogen and oxygen atoms in total. The Hall–Kier alpha value is -3.22. The molecule has 7 heteroatoms. The number of pyridine rings is 1. The minimum atomic E-state index is -0.312. The fourth-order valence-electron chi connectivity index (χ4n) is 2.72. The molecule has 0 atom stereocenters. The van der Waals surface area contributed by atoms with E-state index in [1.54, 1.807) is 25.1 Å². The van der Waals surface area contributed by atoms with Crippen molar-refractivity contribution in [1.29, 1.82) is 0 Å². The molecule has 0 saturated carbocycles. The van der Waals surface area contributed by atoms with Crippen LogP contribution in [0.2, 0.25) is 0 Å². The van der Waals surface area contributed by atoms with Crippen molar-refractivity contribution in [3.8, 4) is 17.1 Å². The molecule has 0 unspecified atom stereocenters. The van der Waals surface area contributed by atoms with Gasteiger partial charge in [0.2, 0.25) is 11.7 Å². The normalized spacial score (nSPS) is 10.6. The third kappa shape index (κ3) is 3.56. The predicted octanol–water partition coefficient (Wildman–Crippen LogP) is 3.71. The maximum absolute atomic E-state index is 12.8. The van der Waals surface area contributed by atoms with Crippen LogP contribution in [0.25, 0.3) is 11.4 Å². The number of carbonyl (C=O) groups is 1. The van der Waals surface area contributed by atoms with E-state index in [-0.39, 0.29) is 5.91 Å². The molecule has 3 rings (SSSR count). The van der Waals surface area contributed by atoms with E-state index < -0.39 is 0 Å². The Morgan fingerprint density at radius 2 is 1.96 bits per heavy atom. The maximum atomic E-state index is 12.8. The van der Waals surface area contributed by atoms with Gasteiger partial charge in [0.1, 0.15) is 11.6 Å². The van der Waals surface area contributed by atoms with Gasteiger partial charge in [0.25, 0.3) is 5.91 Å². The second-order valence-corrected chi connectivity index (χ2v) is 5.82. The highest BCUT2D eigenvalue weighted by Gasteiger charge is 2.20. The highest BCUT2D eigenvalue weighted by atomic mass is 16.5. The average Bonchev–Trinajstić information content (AvgIpc) is 3.01. The first kappa shape index (κ1) is 17.6. The summed E-state index contributed by atoms with van der Waals surface area (Å²) in [5.41, 5.74) is 2.74. The number of aromatic nitrogens is 3. The summed E-state index contributed by atoms with van der Waals surface area (Å²) in [5, 5.41) is 6.83. The van der Waals surface area contributed by atoms with Gasteiger partial charge in [-0.05, 0) is 44.5 Å². The van der Waals surface area contributed by atoms with Crippen molar-refractivity contribution >= 4 is 11.7 Å². The van der Waals surface area contributed by atoms with E-state index in [0.717, 1.165) is 11.3 Å². The zero-order valence-electron chi connectivity index (χ0n) is 15.2. The third-order valence-corrected chi connectivity index (χ3v) is 3.76. The molecule has 2 aromatic heterocycles. The van der Waals surface area contributed by atoms with Crippen molar-refractivity contribution in [1.82, 2.24) is 15.1 Å². The Balaban J connectivity index is 2.01. The Morgan fingerprint density at radius 1 is 1.19 bits per heavy atom. The number of amides is 1. The fraction of sp³-hybridized carbons (Fsp3) is 0.263. The molecule has 3 aromatic rings. The van der Waals surface area contributed by atoms with Gasteiger partial charge in [-0.3, -0.25) is 4.79 Å². The molecular formula is C19H20N4O3. The van der Waals surface area contributed by atoms with Gasteiger partial charge in [-0.2, -0.15) is 4.98 Å². The zero-order valence-corrected chi connectivity index (χ0v) is 15.2. The summed E-state index contributed by atoms with van der Waals surface area (Å²) in [6, 6.07) is 8.99. The number of anilines is 1. The summed E-state index contributed by atoms with van der Waals surface area (Å²) in [4.78, 5) is 21.6. The molecule has 0 aliphatic heterocycles. The quantitative estimate of drug-likeness (QED) is 0.753. The first-order valence-electron chi connectivity index (χ1n) is 8.31. The smallest absolute Gasteiger partial charge is 0.260 e. The van der Waals surface area contributed by atoms with Crippen LogP contribution in [0.3, 0.4) is 0 Å². The van der Waals surface area contributed by atoms with Gasteiger partial charge in [-0.15, -0.1) is 0 Å². The Kier molecular flexibility index (Phi) is 4.97. The average molecular weight is 352 g/mol. The SMILES string of the molecule is CCOc1ccccc1C(=O)Nc1nc(C)cc(C)c1-c1noc(C)n1. The third-order valence-electron chi connectivity index (χ3n) is 3.76. The van der Waals surface area contributed by atoms with E-state index in [9.17, 15) is 4.79 Å². The van der Waals surface area contributed by atoms with E-state index in [1.165, 1.54) is 0 Å². The zero-order chi connectivity index (χ0) is 18.7. The van der Waals surface area contributed by atoms with E-state index in [2.05, 4.69) is 20.4 Å². The summed E-state index contributed by atoms with van der Waals surface area (Å²) >= 11 is 0. The first-order chi connectivity index (χ1) is 12.5. The molecule has 134 valence electrons. The molecule has 1 aromatic carbocycles. The summed E-state index contributed by atoms with van der Waals surface area (Å²) < 4.78 is 10.6. The van der Waals surface area contributed by atoms with Gasteiger partial charge < -0.3 is 14.6 Å². The lowest BCUT2D eigenvalue weighted by Crippen LogP contribution is -2.16. The van der Waals surface area contributed by atoms with Crippen LogP contribution in [0.15, 0.2) is 34.9 Å². The number of nitrogens with one attached hydrogen (secondary N) is 1. The lowest BCUT2D eigenvalue weighted by atomic mass is 10.1.